The van der Waals surface area contributed by atoms with Gasteiger partial charge in [0.05, 0.1) is 17.4 Å². The molecule has 9 nitrogen and oxygen atoms in total. The first-order valence-corrected chi connectivity index (χ1v) is 12.0. The molecule has 0 atom stereocenters. The predicted molar refractivity (Wildman–Crippen MR) is 117 cm³/mol. The number of nitrogens with zero attached hydrogens (tertiary/aromatic N) is 2. The van der Waals surface area contributed by atoms with Gasteiger partial charge in [-0.2, -0.15) is 4.31 Å². The third-order valence-electron chi connectivity index (χ3n) is 4.47. The van der Waals surface area contributed by atoms with Crippen LogP contribution in [-0.4, -0.2) is 69.3 Å². The van der Waals surface area contributed by atoms with Crippen molar-refractivity contribution in [3.63, 3.8) is 0 Å². The van der Waals surface area contributed by atoms with E-state index in [1.54, 1.807) is 25.1 Å². The maximum atomic E-state index is 12.6. The first kappa shape index (κ1) is 23.3. The molecular formula is C19H22ClN3O6S2. The first-order chi connectivity index (χ1) is 14.7. The van der Waals surface area contributed by atoms with Crippen molar-refractivity contribution in [2.45, 2.75) is 11.1 Å². The van der Waals surface area contributed by atoms with E-state index in [0.29, 0.717) is 34.7 Å². The molecule has 1 aromatic heterocycles. The summed E-state index contributed by atoms with van der Waals surface area (Å²) in [5.74, 6) is 0.231. The summed E-state index contributed by atoms with van der Waals surface area (Å²) in [6.45, 7) is 2.23. The highest BCUT2D eigenvalue weighted by Gasteiger charge is 2.27. The molecular weight excluding hydrogens is 466 g/mol. The van der Waals surface area contributed by atoms with E-state index in [1.807, 2.05) is 0 Å². The van der Waals surface area contributed by atoms with E-state index >= 15 is 0 Å². The van der Waals surface area contributed by atoms with Crippen LogP contribution in [0.3, 0.4) is 0 Å². The first-order valence-electron chi connectivity index (χ1n) is 9.39. The van der Waals surface area contributed by atoms with Crippen molar-refractivity contribution in [3.05, 3.63) is 34.7 Å². The number of likely N-dealkylation sites (N-methyl/N-ethyl adjacent to an activating group) is 2. The zero-order valence-corrected chi connectivity index (χ0v) is 19.3. The Kier molecular flexibility index (Phi) is 7.42. The lowest BCUT2D eigenvalue weighted by atomic mass is 10.2. The highest BCUT2D eigenvalue weighted by atomic mass is 35.5. The molecule has 2 heterocycles. The van der Waals surface area contributed by atoms with E-state index in [2.05, 4.69) is 5.32 Å². The van der Waals surface area contributed by atoms with Gasteiger partial charge in [-0.15, -0.1) is 11.3 Å². The minimum Gasteiger partial charge on any atom is -0.486 e. The average Bonchev–Trinajstić information content (AvgIpc) is 3.19. The second-order valence-electron chi connectivity index (χ2n) is 6.63. The van der Waals surface area contributed by atoms with E-state index in [9.17, 15) is 18.0 Å². The number of anilines is 1. The van der Waals surface area contributed by atoms with Crippen LogP contribution in [0.15, 0.2) is 34.5 Å². The van der Waals surface area contributed by atoms with E-state index in [0.717, 1.165) is 15.6 Å². The number of thiophene rings is 1. The summed E-state index contributed by atoms with van der Waals surface area (Å²) in [5, 5.41) is 2.71. The van der Waals surface area contributed by atoms with Crippen molar-refractivity contribution in [1.82, 2.24) is 9.21 Å². The summed E-state index contributed by atoms with van der Waals surface area (Å²) in [4.78, 5) is 26.3. The van der Waals surface area contributed by atoms with Gasteiger partial charge in [-0.3, -0.25) is 9.59 Å². The molecule has 12 heteroatoms. The van der Waals surface area contributed by atoms with Gasteiger partial charge in [0.25, 0.3) is 10.0 Å². The number of carbonyl (C=O) groups excluding carboxylic acids is 2. The normalized spacial score (nSPS) is 13.2. The second-order valence-corrected chi connectivity index (χ2v) is 10.6. The van der Waals surface area contributed by atoms with Gasteiger partial charge in [0.2, 0.25) is 11.8 Å². The van der Waals surface area contributed by atoms with Crippen molar-refractivity contribution in [1.29, 1.82) is 0 Å². The van der Waals surface area contributed by atoms with Gasteiger partial charge in [0.1, 0.15) is 17.4 Å². The molecule has 1 aromatic carbocycles. The quantitative estimate of drug-likeness (QED) is 0.612. The lowest BCUT2D eigenvalue weighted by Crippen LogP contribution is -2.44. The Morgan fingerprint density at radius 1 is 1.13 bits per heavy atom. The van der Waals surface area contributed by atoms with Crippen LogP contribution in [0.4, 0.5) is 5.69 Å². The van der Waals surface area contributed by atoms with E-state index in [1.165, 1.54) is 24.1 Å². The zero-order chi connectivity index (χ0) is 22.6. The second kappa shape index (κ2) is 9.86. The summed E-state index contributed by atoms with van der Waals surface area (Å²) in [5.41, 5.74) is 0.507. The van der Waals surface area contributed by atoms with Crippen LogP contribution in [-0.2, 0) is 19.6 Å². The monoisotopic (exact) mass is 487 g/mol. The Morgan fingerprint density at radius 2 is 1.84 bits per heavy atom. The molecule has 0 fully saturated rings. The highest BCUT2D eigenvalue weighted by molar-refractivity contribution is 7.91. The number of carbonyl (C=O) groups is 2. The number of nitrogens with one attached hydrogen (secondary N) is 1. The summed E-state index contributed by atoms with van der Waals surface area (Å²) in [6, 6.07) is 7.90. The third kappa shape index (κ3) is 5.67. The van der Waals surface area contributed by atoms with Crippen molar-refractivity contribution in [2.75, 3.05) is 45.2 Å². The smallest absolute Gasteiger partial charge is 0.252 e. The van der Waals surface area contributed by atoms with Crippen molar-refractivity contribution < 1.29 is 27.5 Å². The zero-order valence-electron chi connectivity index (χ0n) is 17.0. The third-order valence-corrected chi connectivity index (χ3v) is 7.97. The van der Waals surface area contributed by atoms with Gasteiger partial charge < -0.3 is 19.7 Å². The molecule has 2 aromatic rings. The van der Waals surface area contributed by atoms with Crippen LogP contribution in [0, 0.1) is 0 Å². The Hall–Kier alpha value is -2.34. The summed E-state index contributed by atoms with van der Waals surface area (Å²) in [6.07, 6.45) is 0. The maximum absolute atomic E-state index is 12.6. The molecule has 2 amide bonds. The molecule has 0 spiro atoms. The van der Waals surface area contributed by atoms with Gasteiger partial charge in [-0.1, -0.05) is 11.6 Å². The molecule has 0 aliphatic carbocycles. The van der Waals surface area contributed by atoms with Crippen molar-refractivity contribution in [3.8, 4) is 11.5 Å². The molecule has 1 aliphatic rings. The lowest BCUT2D eigenvalue weighted by Gasteiger charge is -2.24. The number of hydrogen-bond donors (Lipinski definition) is 1. The van der Waals surface area contributed by atoms with E-state index < -0.39 is 28.4 Å². The minimum absolute atomic E-state index is 0.0483. The summed E-state index contributed by atoms with van der Waals surface area (Å²) >= 11 is 6.73. The van der Waals surface area contributed by atoms with Gasteiger partial charge in [0, 0.05) is 25.3 Å². The number of amides is 2. The lowest BCUT2D eigenvalue weighted by molar-refractivity contribution is -0.134. The number of ether oxygens (including phenoxy) is 2. The fourth-order valence-corrected chi connectivity index (χ4v) is 5.65. The average molecular weight is 488 g/mol. The molecule has 0 radical (unpaired) electrons. The standard InChI is InChI=1S/C19H22ClN3O6S2/c1-3-23(18(25)12-22(2)31(26,27)19-7-6-16(20)30-19)11-17(24)21-13-4-5-14-15(10-13)29-9-8-28-14/h4-7,10H,3,8-9,11-12H2,1-2H3,(H,21,24). The van der Waals surface area contributed by atoms with Crippen LogP contribution >= 0.6 is 22.9 Å². The fourth-order valence-electron chi connectivity index (χ4n) is 2.84. The number of sulfonamides is 1. The number of fused-ring (bicyclic) bond motifs is 1. The molecule has 1 N–H and O–H groups in total. The Bertz CT molecular complexity index is 1070. The Morgan fingerprint density at radius 3 is 2.48 bits per heavy atom. The van der Waals surface area contributed by atoms with E-state index in [-0.39, 0.29) is 17.3 Å². The maximum Gasteiger partial charge on any atom is 0.252 e. The number of rotatable bonds is 8. The molecule has 0 bridgehead atoms. The highest BCUT2D eigenvalue weighted by Crippen LogP contribution is 2.32. The van der Waals surface area contributed by atoms with Gasteiger partial charge >= 0.3 is 0 Å². The molecule has 1 aliphatic heterocycles. The fraction of sp³-hybridized carbons (Fsp3) is 0.368. The minimum atomic E-state index is -3.85. The van der Waals surface area contributed by atoms with Crippen LogP contribution in [0.2, 0.25) is 4.34 Å². The molecule has 0 unspecified atom stereocenters. The van der Waals surface area contributed by atoms with Crippen molar-refractivity contribution >= 4 is 50.5 Å². The van der Waals surface area contributed by atoms with Crippen molar-refractivity contribution in [2.24, 2.45) is 0 Å². The van der Waals surface area contributed by atoms with Gasteiger partial charge in [-0.25, -0.2) is 8.42 Å². The number of benzene rings is 1. The molecule has 31 heavy (non-hydrogen) atoms. The SMILES string of the molecule is CCN(CC(=O)Nc1ccc2c(c1)OCCO2)C(=O)CN(C)S(=O)(=O)c1ccc(Cl)s1. The Balaban J connectivity index is 1.59. The van der Waals surface area contributed by atoms with Crippen LogP contribution in [0.25, 0.3) is 0 Å². The Labute approximate surface area is 189 Å². The predicted octanol–water partition coefficient (Wildman–Crippen LogP) is 2.28. The summed E-state index contributed by atoms with van der Waals surface area (Å²) in [7, 11) is -2.54. The molecule has 0 saturated carbocycles. The molecule has 3 rings (SSSR count). The van der Waals surface area contributed by atoms with Gasteiger partial charge in [-0.05, 0) is 31.2 Å². The van der Waals surface area contributed by atoms with Gasteiger partial charge in [0.15, 0.2) is 11.5 Å². The van der Waals surface area contributed by atoms with Crippen LogP contribution in [0.1, 0.15) is 6.92 Å². The number of halogens is 1. The summed E-state index contributed by atoms with van der Waals surface area (Å²) < 4.78 is 37.4. The largest absolute Gasteiger partial charge is 0.486 e. The topological polar surface area (TPSA) is 105 Å². The molecule has 168 valence electrons. The van der Waals surface area contributed by atoms with Crippen LogP contribution < -0.4 is 14.8 Å². The molecule has 0 saturated heterocycles. The van der Waals surface area contributed by atoms with E-state index in [4.69, 9.17) is 21.1 Å². The van der Waals surface area contributed by atoms with Crippen LogP contribution in [0.5, 0.6) is 11.5 Å². The number of hydrogen-bond acceptors (Lipinski definition) is 7.